The third-order valence-corrected chi connectivity index (χ3v) is 3.07. The van der Waals surface area contributed by atoms with Gasteiger partial charge in [0.25, 0.3) is 0 Å². The Balaban J connectivity index is 3.64. The average Bonchev–Trinajstić information content (AvgIpc) is 2.11. The van der Waals surface area contributed by atoms with Gasteiger partial charge in [0.15, 0.2) is 0 Å². The van der Waals surface area contributed by atoms with Crippen molar-refractivity contribution in [2.75, 3.05) is 25.1 Å². The number of hydrogen-bond acceptors (Lipinski definition) is 4. The molecule has 15 heavy (non-hydrogen) atoms. The van der Waals surface area contributed by atoms with Crippen LogP contribution in [0, 0.1) is 5.92 Å². The highest BCUT2D eigenvalue weighted by atomic mass is 32.2. The van der Waals surface area contributed by atoms with Crippen LogP contribution in [0.2, 0.25) is 0 Å². The Hall–Kier alpha value is -0.620. The normalized spacial score (nSPS) is 13.5. The lowest BCUT2D eigenvalue weighted by molar-refractivity contribution is -0.124. The molecule has 90 valence electrons. The standard InChI is InChI=1S/C9H20N2O3S/c1-8(4-5-10)9(12)11-6-3-7-15(2,13)14/h8H,3-7,10H2,1-2H3,(H,11,12). The van der Waals surface area contributed by atoms with Crippen LogP contribution in [0.5, 0.6) is 0 Å². The minimum absolute atomic E-state index is 0.0612. The Labute approximate surface area is 91.3 Å². The summed E-state index contributed by atoms with van der Waals surface area (Å²) in [6.07, 6.45) is 2.30. The van der Waals surface area contributed by atoms with E-state index in [1.165, 1.54) is 6.26 Å². The van der Waals surface area contributed by atoms with Crippen molar-refractivity contribution in [1.82, 2.24) is 5.32 Å². The van der Waals surface area contributed by atoms with E-state index in [9.17, 15) is 13.2 Å². The van der Waals surface area contributed by atoms with E-state index in [4.69, 9.17) is 5.73 Å². The second-order valence-electron chi connectivity index (χ2n) is 3.75. The van der Waals surface area contributed by atoms with E-state index in [-0.39, 0.29) is 17.6 Å². The van der Waals surface area contributed by atoms with Crippen molar-refractivity contribution in [2.45, 2.75) is 19.8 Å². The fourth-order valence-electron chi connectivity index (χ4n) is 1.10. The van der Waals surface area contributed by atoms with Crippen molar-refractivity contribution in [3.8, 4) is 0 Å². The zero-order chi connectivity index (χ0) is 11.9. The number of nitrogens with one attached hydrogen (secondary N) is 1. The summed E-state index contributed by atoms with van der Waals surface area (Å²) in [5.41, 5.74) is 5.32. The van der Waals surface area contributed by atoms with Crippen LogP contribution in [0.25, 0.3) is 0 Å². The molecular weight excluding hydrogens is 216 g/mol. The summed E-state index contributed by atoms with van der Waals surface area (Å²) in [6.45, 7) is 2.69. The fourth-order valence-corrected chi connectivity index (χ4v) is 1.77. The molecule has 0 bridgehead atoms. The lowest BCUT2D eigenvalue weighted by Gasteiger charge is -2.10. The lowest BCUT2D eigenvalue weighted by atomic mass is 10.1. The molecule has 0 aliphatic rings. The SMILES string of the molecule is CC(CCN)C(=O)NCCCS(C)(=O)=O. The first-order valence-corrected chi connectivity index (χ1v) is 7.08. The minimum Gasteiger partial charge on any atom is -0.356 e. The van der Waals surface area contributed by atoms with Crippen LogP contribution >= 0.6 is 0 Å². The van der Waals surface area contributed by atoms with Crippen LogP contribution in [0.3, 0.4) is 0 Å². The maximum Gasteiger partial charge on any atom is 0.222 e. The Bertz CT molecular complexity index is 288. The zero-order valence-corrected chi connectivity index (χ0v) is 10.1. The molecule has 0 radical (unpaired) electrons. The molecule has 0 spiro atoms. The second kappa shape index (κ2) is 6.79. The molecular formula is C9H20N2O3S. The van der Waals surface area contributed by atoms with Gasteiger partial charge in [0.2, 0.25) is 5.91 Å². The molecule has 0 heterocycles. The summed E-state index contributed by atoms with van der Waals surface area (Å²) < 4.78 is 21.6. The maximum absolute atomic E-state index is 11.3. The Morgan fingerprint density at radius 1 is 1.47 bits per heavy atom. The quantitative estimate of drug-likeness (QED) is 0.584. The van der Waals surface area contributed by atoms with Crippen LogP contribution in [0.4, 0.5) is 0 Å². The van der Waals surface area contributed by atoms with E-state index in [2.05, 4.69) is 5.32 Å². The first-order chi connectivity index (χ1) is 6.87. The predicted octanol–water partition coefficient (Wildman–Crippen LogP) is -0.478. The summed E-state index contributed by atoms with van der Waals surface area (Å²) in [6, 6.07) is 0. The van der Waals surface area contributed by atoms with Crippen molar-refractivity contribution in [2.24, 2.45) is 11.7 Å². The molecule has 0 aliphatic heterocycles. The van der Waals surface area contributed by atoms with Crippen molar-refractivity contribution in [1.29, 1.82) is 0 Å². The molecule has 0 saturated heterocycles. The predicted molar refractivity (Wildman–Crippen MR) is 60.2 cm³/mol. The Morgan fingerprint density at radius 3 is 2.53 bits per heavy atom. The van der Waals surface area contributed by atoms with Gasteiger partial charge in [-0.2, -0.15) is 0 Å². The summed E-state index contributed by atoms with van der Waals surface area (Å²) >= 11 is 0. The van der Waals surface area contributed by atoms with Crippen molar-refractivity contribution in [3.05, 3.63) is 0 Å². The molecule has 3 N–H and O–H groups in total. The number of sulfone groups is 1. The van der Waals surface area contributed by atoms with E-state index >= 15 is 0 Å². The molecule has 1 atom stereocenters. The first kappa shape index (κ1) is 14.4. The number of amides is 1. The molecule has 0 aromatic rings. The van der Waals surface area contributed by atoms with Gasteiger partial charge in [-0.15, -0.1) is 0 Å². The van der Waals surface area contributed by atoms with Crippen molar-refractivity contribution >= 4 is 15.7 Å². The average molecular weight is 236 g/mol. The topological polar surface area (TPSA) is 89.3 Å². The van der Waals surface area contributed by atoms with Gasteiger partial charge in [0.05, 0.1) is 5.75 Å². The van der Waals surface area contributed by atoms with Crippen LogP contribution in [-0.2, 0) is 14.6 Å². The third-order valence-electron chi connectivity index (χ3n) is 2.04. The number of nitrogens with two attached hydrogens (primary N) is 1. The molecule has 0 aromatic heterocycles. The monoisotopic (exact) mass is 236 g/mol. The zero-order valence-electron chi connectivity index (χ0n) is 9.32. The van der Waals surface area contributed by atoms with Gasteiger partial charge in [0.1, 0.15) is 9.84 Å². The minimum atomic E-state index is -2.92. The molecule has 0 aliphatic carbocycles. The van der Waals surface area contributed by atoms with Gasteiger partial charge in [-0.25, -0.2) is 8.42 Å². The number of carbonyl (C=O) groups is 1. The molecule has 6 heteroatoms. The molecule has 0 saturated carbocycles. The largest absolute Gasteiger partial charge is 0.356 e. The van der Waals surface area contributed by atoms with Gasteiger partial charge >= 0.3 is 0 Å². The Morgan fingerprint density at radius 2 is 2.07 bits per heavy atom. The number of rotatable bonds is 7. The Kier molecular flexibility index (Phi) is 6.51. The van der Waals surface area contributed by atoms with Gasteiger partial charge in [-0.1, -0.05) is 6.92 Å². The summed E-state index contributed by atoms with van der Waals surface area (Å²) in [5, 5.41) is 2.68. The molecule has 5 nitrogen and oxygen atoms in total. The lowest BCUT2D eigenvalue weighted by Crippen LogP contribution is -2.31. The van der Waals surface area contributed by atoms with E-state index < -0.39 is 9.84 Å². The third kappa shape index (κ3) is 8.38. The van der Waals surface area contributed by atoms with Crippen LogP contribution in [0.1, 0.15) is 19.8 Å². The highest BCUT2D eigenvalue weighted by Gasteiger charge is 2.11. The molecule has 0 fully saturated rings. The van der Waals surface area contributed by atoms with Gasteiger partial charge in [-0.05, 0) is 19.4 Å². The van der Waals surface area contributed by atoms with Crippen LogP contribution < -0.4 is 11.1 Å². The number of carbonyl (C=O) groups excluding carboxylic acids is 1. The summed E-state index contributed by atoms with van der Waals surface area (Å²) in [7, 11) is -2.92. The summed E-state index contributed by atoms with van der Waals surface area (Å²) in [4.78, 5) is 11.3. The molecule has 0 aromatic carbocycles. The molecule has 1 amide bonds. The number of hydrogen-bond donors (Lipinski definition) is 2. The highest BCUT2D eigenvalue weighted by Crippen LogP contribution is 1.99. The fraction of sp³-hybridized carbons (Fsp3) is 0.889. The van der Waals surface area contributed by atoms with Crippen LogP contribution in [-0.4, -0.2) is 39.4 Å². The molecule has 1 unspecified atom stereocenters. The van der Waals surface area contributed by atoms with Crippen LogP contribution in [0.15, 0.2) is 0 Å². The summed E-state index contributed by atoms with van der Waals surface area (Å²) in [5.74, 6) is -0.0550. The smallest absolute Gasteiger partial charge is 0.222 e. The van der Waals surface area contributed by atoms with Crippen molar-refractivity contribution < 1.29 is 13.2 Å². The van der Waals surface area contributed by atoms with E-state index in [0.717, 1.165) is 0 Å². The maximum atomic E-state index is 11.3. The first-order valence-electron chi connectivity index (χ1n) is 5.02. The van der Waals surface area contributed by atoms with E-state index in [0.29, 0.717) is 25.9 Å². The highest BCUT2D eigenvalue weighted by molar-refractivity contribution is 7.90. The second-order valence-corrected chi connectivity index (χ2v) is 6.01. The van der Waals surface area contributed by atoms with E-state index in [1.54, 1.807) is 6.92 Å². The van der Waals surface area contributed by atoms with Gasteiger partial charge < -0.3 is 11.1 Å². The van der Waals surface area contributed by atoms with E-state index in [1.807, 2.05) is 0 Å². The van der Waals surface area contributed by atoms with Crippen molar-refractivity contribution in [3.63, 3.8) is 0 Å². The van der Waals surface area contributed by atoms with Gasteiger partial charge in [-0.3, -0.25) is 4.79 Å². The molecule has 0 rings (SSSR count). The van der Waals surface area contributed by atoms with Gasteiger partial charge in [0, 0.05) is 18.7 Å².